The van der Waals surface area contributed by atoms with E-state index in [1.165, 1.54) is 30.6 Å². The minimum Gasteiger partial charge on any atom is -0.322 e. The molecule has 0 unspecified atom stereocenters. The molecule has 7 nitrogen and oxygen atoms in total. The Bertz CT molecular complexity index is 964. The standard InChI is InChI=1S/C17H16N4O3S/c1-2-25(23,24)15-9-5-13(6-10-15)17(22)20-14-7-3-12(4-8-14)16-18-11-19-21-16/h3-11H,2H2,1H3,(H,20,22)(H,18,19,21). The van der Waals surface area contributed by atoms with Crippen LogP contribution in [0.4, 0.5) is 5.69 Å². The van der Waals surface area contributed by atoms with Crippen molar-refractivity contribution in [2.75, 3.05) is 11.1 Å². The molecule has 0 atom stereocenters. The van der Waals surface area contributed by atoms with Gasteiger partial charge >= 0.3 is 0 Å². The Morgan fingerprint density at radius 3 is 2.32 bits per heavy atom. The summed E-state index contributed by atoms with van der Waals surface area (Å²) < 4.78 is 23.6. The van der Waals surface area contributed by atoms with Crippen molar-refractivity contribution in [3.63, 3.8) is 0 Å². The van der Waals surface area contributed by atoms with Gasteiger partial charge in [-0.25, -0.2) is 13.4 Å². The van der Waals surface area contributed by atoms with Crippen LogP contribution in [0.5, 0.6) is 0 Å². The molecule has 25 heavy (non-hydrogen) atoms. The second kappa shape index (κ2) is 6.86. The highest BCUT2D eigenvalue weighted by atomic mass is 32.2. The highest BCUT2D eigenvalue weighted by Crippen LogP contribution is 2.18. The minimum absolute atomic E-state index is 0.0239. The summed E-state index contributed by atoms with van der Waals surface area (Å²) in [7, 11) is -3.27. The molecule has 0 aliphatic heterocycles. The van der Waals surface area contributed by atoms with E-state index in [0.717, 1.165) is 5.56 Å². The van der Waals surface area contributed by atoms with Crippen molar-refractivity contribution in [2.24, 2.45) is 0 Å². The molecule has 1 heterocycles. The zero-order valence-electron chi connectivity index (χ0n) is 13.4. The number of H-pyrrole nitrogens is 1. The molecule has 0 radical (unpaired) electrons. The van der Waals surface area contributed by atoms with Crippen LogP contribution in [0.15, 0.2) is 59.8 Å². The monoisotopic (exact) mass is 356 g/mol. The fourth-order valence-corrected chi connectivity index (χ4v) is 3.12. The van der Waals surface area contributed by atoms with Crippen molar-refractivity contribution in [2.45, 2.75) is 11.8 Å². The number of carbonyl (C=O) groups is 1. The minimum atomic E-state index is -3.27. The lowest BCUT2D eigenvalue weighted by atomic mass is 10.1. The lowest BCUT2D eigenvalue weighted by Gasteiger charge is -2.07. The molecule has 1 aromatic heterocycles. The van der Waals surface area contributed by atoms with E-state index in [9.17, 15) is 13.2 Å². The lowest BCUT2D eigenvalue weighted by Crippen LogP contribution is -2.12. The number of benzene rings is 2. The zero-order chi connectivity index (χ0) is 17.9. The predicted octanol–water partition coefficient (Wildman–Crippen LogP) is 2.52. The van der Waals surface area contributed by atoms with Crippen LogP contribution in [0, 0.1) is 0 Å². The zero-order valence-corrected chi connectivity index (χ0v) is 14.2. The Morgan fingerprint density at radius 2 is 1.76 bits per heavy atom. The summed E-state index contributed by atoms with van der Waals surface area (Å²) in [6.45, 7) is 1.58. The van der Waals surface area contributed by atoms with Crippen molar-refractivity contribution >= 4 is 21.4 Å². The molecule has 0 fully saturated rings. The average Bonchev–Trinajstić information content (AvgIpc) is 3.17. The number of aromatic amines is 1. The number of nitrogens with one attached hydrogen (secondary N) is 2. The highest BCUT2D eigenvalue weighted by molar-refractivity contribution is 7.91. The molecule has 1 amide bonds. The second-order valence-electron chi connectivity index (χ2n) is 5.29. The van der Waals surface area contributed by atoms with Crippen molar-refractivity contribution < 1.29 is 13.2 Å². The van der Waals surface area contributed by atoms with Crippen molar-refractivity contribution in [3.8, 4) is 11.4 Å². The number of hydrogen-bond acceptors (Lipinski definition) is 5. The SMILES string of the molecule is CCS(=O)(=O)c1ccc(C(=O)Nc2ccc(-c3ncn[nH]3)cc2)cc1. The van der Waals surface area contributed by atoms with Gasteiger partial charge in [0.1, 0.15) is 6.33 Å². The molecule has 128 valence electrons. The predicted molar refractivity (Wildman–Crippen MR) is 93.9 cm³/mol. The maximum absolute atomic E-state index is 12.3. The van der Waals surface area contributed by atoms with E-state index in [4.69, 9.17) is 0 Å². The van der Waals surface area contributed by atoms with Gasteiger partial charge in [0.2, 0.25) is 0 Å². The number of aromatic nitrogens is 3. The Hall–Kier alpha value is -3.00. The topological polar surface area (TPSA) is 105 Å². The molecule has 0 saturated carbocycles. The number of carbonyl (C=O) groups excluding carboxylic acids is 1. The molecule has 0 aliphatic rings. The third-order valence-corrected chi connectivity index (χ3v) is 5.44. The third-order valence-electron chi connectivity index (χ3n) is 3.69. The smallest absolute Gasteiger partial charge is 0.255 e. The summed E-state index contributed by atoms with van der Waals surface area (Å²) >= 11 is 0. The first-order valence-electron chi connectivity index (χ1n) is 7.59. The molecule has 8 heteroatoms. The molecular weight excluding hydrogens is 340 g/mol. The third kappa shape index (κ3) is 3.74. The van der Waals surface area contributed by atoms with Crippen LogP contribution in [0.2, 0.25) is 0 Å². The number of anilines is 1. The fourth-order valence-electron chi connectivity index (χ4n) is 2.24. The van der Waals surface area contributed by atoms with Crippen LogP contribution >= 0.6 is 0 Å². The first-order valence-corrected chi connectivity index (χ1v) is 9.25. The quantitative estimate of drug-likeness (QED) is 0.731. The summed E-state index contributed by atoms with van der Waals surface area (Å²) in [6, 6.07) is 13.0. The molecule has 3 aromatic rings. The van der Waals surface area contributed by atoms with Gasteiger partial charge in [0.15, 0.2) is 15.7 Å². The average molecular weight is 356 g/mol. The lowest BCUT2D eigenvalue weighted by molar-refractivity contribution is 0.102. The van der Waals surface area contributed by atoms with E-state index in [1.54, 1.807) is 19.1 Å². The molecule has 0 aliphatic carbocycles. The van der Waals surface area contributed by atoms with Crippen molar-refractivity contribution in [1.82, 2.24) is 15.2 Å². The van der Waals surface area contributed by atoms with E-state index in [2.05, 4.69) is 20.5 Å². The van der Waals surface area contributed by atoms with E-state index in [-0.39, 0.29) is 16.6 Å². The van der Waals surface area contributed by atoms with Gasteiger partial charge in [-0.1, -0.05) is 6.92 Å². The van der Waals surface area contributed by atoms with Crippen LogP contribution < -0.4 is 5.32 Å². The van der Waals surface area contributed by atoms with Crippen LogP contribution in [0.3, 0.4) is 0 Å². The Kier molecular flexibility index (Phi) is 4.62. The van der Waals surface area contributed by atoms with Gasteiger partial charge in [-0.2, -0.15) is 5.10 Å². The molecule has 3 rings (SSSR count). The molecule has 0 bridgehead atoms. The van der Waals surface area contributed by atoms with Crippen LogP contribution in [0.1, 0.15) is 17.3 Å². The Balaban J connectivity index is 1.72. The van der Waals surface area contributed by atoms with Crippen LogP contribution in [0.25, 0.3) is 11.4 Å². The molecule has 0 saturated heterocycles. The van der Waals surface area contributed by atoms with Gasteiger partial charge in [-0.3, -0.25) is 9.89 Å². The number of nitrogens with zero attached hydrogens (tertiary/aromatic N) is 2. The van der Waals surface area contributed by atoms with Crippen molar-refractivity contribution in [3.05, 3.63) is 60.4 Å². The number of sulfone groups is 1. The van der Waals surface area contributed by atoms with E-state index in [1.807, 2.05) is 12.1 Å². The first-order chi connectivity index (χ1) is 12.0. The van der Waals surface area contributed by atoms with Gasteiger partial charge in [0, 0.05) is 16.8 Å². The van der Waals surface area contributed by atoms with Gasteiger partial charge in [-0.15, -0.1) is 0 Å². The number of hydrogen-bond donors (Lipinski definition) is 2. The van der Waals surface area contributed by atoms with Crippen LogP contribution in [-0.4, -0.2) is 35.3 Å². The molecule has 0 spiro atoms. The highest BCUT2D eigenvalue weighted by Gasteiger charge is 2.13. The summed E-state index contributed by atoms with van der Waals surface area (Å²) in [5.74, 6) is 0.356. The van der Waals surface area contributed by atoms with E-state index >= 15 is 0 Å². The van der Waals surface area contributed by atoms with Gasteiger partial charge in [0.25, 0.3) is 5.91 Å². The summed E-state index contributed by atoms with van der Waals surface area (Å²) in [5, 5.41) is 9.32. The van der Waals surface area contributed by atoms with Crippen molar-refractivity contribution in [1.29, 1.82) is 0 Å². The summed E-state index contributed by atoms with van der Waals surface area (Å²) in [6.07, 6.45) is 1.42. The summed E-state index contributed by atoms with van der Waals surface area (Å²) in [4.78, 5) is 16.5. The maximum atomic E-state index is 12.3. The fraction of sp³-hybridized carbons (Fsp3) is 0.118. The number of rotatable bonds is 5. The number of amides is 1. The molecule has 2 N–H and O–H groups in total. The van der Waals surface area contributed by atoms with E-state index < -0.39 is 9.84 Å². The molecular formula is C17H16N4O3S. The van der Waals surface area contributed by atoms with E-state index in [0.29, 0.717) is 17.1 Å². The molecule has 2 aromatic carbocycles. The van der Waals surface area contributed by atoms with Gasteiger partial charge in [0.05, 0.1) is 10.6 Å². The largest absolute Gasteiger partial charge is 0.322 e. The Labute approximate surface area is 145 Å². The summed E-state index contributed by atoms with van der Waals surface area (Å²) in [5.41, 5.74) is 1.86. The Morgan fingerprint density at radius 1 is 1.08 bits per heavy atom. The van der Waals surface area contributed by atoms with Crippen LogP contribution in [-0.2, 0) is 9.84 Å². The normalized spacial score (nSPS) is 11.2. The first kappa shape index (κ1) is 16.8. The maximum Gasteiger partial charge on any atom is 0.255 e. The van der Waals surface area contributed by atoms with Gasteiger partial charge < -0.3 is 5.32 Å². The second-order valence-corrected chi connectivity index (χ2v) is 7.57. The van der Waals surface area contributed by atoms with Gasteiger partial charge in [-0.05, 0) is 48.5 Å².